The molecule has 2 aromatic rings. The molecule has 19 heavy (non-hydrogen) atoms. The van der Waals surface area contributed by atoms with Gasteiger partial charge in [0.1, 0.15) is 6.61 Å². The Labute approximate surface area is 122 Å². The molecule has 0 N–H and O–H groups in total. The van der Waals surface area contributed by atoms with E-state index in [1.165, 1.54) is 0 Å². The van der Waals surface area contributed by atoms with Gasteiger partial charge >= 0.3 is 10.8 Å². The second kappa shape index (κ2) is 6.16. The Morgan fingerprint density at radius 3 is 2.63 bits per heavy atom. The smallest absolute Gasteiger partial charge is 0.338 e. The minimum atomic E-state index is -0.381. The van der Waals surface area contributed by atoms with Gasteiger partial charge in [0.05, 0.1) is 12.1 Å². The molecule has 0 bridgehead atoms. The van der Waals surface area contributed by atoms with Crippen molar-refractivity contribution < 1.29 is 9.53 Å². The van der Waals surface area contributed by atoms with Crippen molar-refractivity contribution in [1.29, 1.82) is 0 Å². The standard InChI is InChI=1S/C13H12BrNO3S/c1-9-8-19-13(17)15(9)6-7-18-12(16)10-2-4-11(14)5-3-10/h2-5,8H,6-7H2,1H3. The number of rotatable bonds is 4. The van der Waals surface area contributed by atoms with E-state index in [4.69, 9.17) is 4.74 Å². The van der Waals surface area contributed by atoms with Gasteiger partial charge in [0.15, 0.2) is 0 Å². The third-order valence-electron chi connectivity index (χ3n) is 2.60. The first-order chi connectivity index (χ1) is 9.08. The van der Waals surface area contributed by atoms with Crippen LogP contribution in [0, 0.1) is 6.92 Å². The van der Waals surface area contributed by atoms with Crippen molar-refractivity contribution in [2.45, 2.75) is 13.5 Å². The largest absolute Gasteiger partial charge is 0.460 e. The third-order valence-corrected chi connectivity index (χ3v) is 4.01. The number of esters is 1. The molecule has 0 saturated carbocycles. The molecule has 0 aliphatic rings. The molecule has 0 aliphatic heterocycles. The normalized spacial score (nSPS) is 10.4. The van der Waals surface area contributed by atoms with E-state index < -0.39 is 0 Å². The summed E-state index contributed by atoms with van der Waals surface area (Å²) < 4.78 is 7.65. The molecule has 0 radical (unpaired) electrons. The molecule has 0 fully saturated rings. The van der Waals surface area contributed by atoms with Crippen molar-refractivity contribution in [1.82, 2.24) is 4.57 Å². The van der Waals surface area contributed by atoms with Crippen LogP contribution < -0.4 is 4.87 Å². The van der Waals surface area contributed by atoms with Gasteiger partial charge in [0.2, 0.25) is 0 Å². The molecule has 1 heterocycles. The highest BCUT2D eigenvalue weighted by molar-refractivity contribution is 9.10. The SMILES string of the molecule is Cc1csc(=O)n1CCOC(=O)c1ccc(Br)cc1. The summed E-state index contributed by atoms with van der Waals surface area (Å²) in [5.41, 5.74) is 1.38. The van der Waals surface area contributed by atoms with Crippen molar-refractivity contribution in [2.24, 2.45) is 0 Å². The van der Waals surface area contributed by atoms with Crippen LogP contribution in [0.5, 0.6) is 0 Å². The van der Waals surface area contributed by atoms with Crippen molar-refractivity contribution >= 4 is 33.2 Å². The maximum absolute atomic E-state index is 11.7. The second-order valence-corrected chi connectivity index (χ2v) is 5.67. The van der Waals surface area contributed by atoms with Crippen LogP contribution in [0.4, 0.5) is 0 Å². The molecular weight excluding hydrogens is 330 g/mol. The molecule has 0 unspecified atom stereocenters. The number of carbonyl (C=O) groups excluding carboxylic acids is 1. The number of aryl methyl sites for hydroxylation is 1. The van der Waals surface area contributed by atoms with Crippen LogP contribution in [0.1, 0.15) is 16.1 Å². The molecule has 0 aliphatic carbocycles. The molecule has 6 heteroatoms. The number of nitrogens with zero attached hydrogens (tertiary/aromatic N) is 1. The first-order valence-corrected chi connectivity index (χ1v) is 7.33. The van der Waals surface area contributed by atoms with Crippen LogP contribution in [0.15, 0.2) is 38.9 Å². The van der Waals surface area contributed by atoms with Gasteiger partial charge in [0.25, 0.3) is 0 Å². The lowest BCUT2D eigenvalue weighted by molar-refractivity contribution is 0.0490. The Bertz CT molecular complexity index is 630. The summed E-state index contributed by atoms with van der Waals surface area (Å²) in [5.74, 6) is -0.381. The first kappa shape index (κ1) is 14.0. The summed E-state index contributed by atoms with van der Waals surface area (Å²) in [7, 11) is 0. The fourth-order valence-corrected chi connectivity index (χ4v) is 2.60. The highest BCUT2D eigenvalue weighted by atomic mass is 79.9. The van der Waals surface area contributed by atoms with Crippen molar-refractivity contribution in [3.05, 3.63) is 55.0 Å². The zero-order valence-corrected chi connectivity index (χ0v) is 12.7. The summed E-state index contributed by atoms with van der Waals surface area (Å²) >= 11 is 4.45. The lowest BCUT2D eigenvalue weighted by Crippen LogP contribution is -2.19. The molecule has 0 spiro atoms. The number of benzene rings is 1. The first-order valence-electron chi connectivity index (χ1n) is 5.65. The summed E-state index contributed by atoms with van der Waals surface area (Å²) in [6, 6.07) is 6.94. The molecular formula is C13H12BrNO3S. The molecule has 0 saturated heterocycles. The zero-order valence-electron chi connectivity index (χ0n) is 10.3. The van der Waals surface area contributed by atoms with Crippen LogP contribution in [0.2, 0.25) is 0 Å². The number of ether oxygens (including phenoxy) is 1. The number of carbonyl (C=O) groups is 1. The van der Waals surface area contributed by atoms with Crippen LogP contribution in [-0.4, -0.2) is 17.1 Å². The number of halogens is 1. The van der Waals surface area contributed by atoms with Gasteiger partial charge < -0.3 is 4.74 Å². The topological polar surface area (TPSA) is 48.3 Å². The van der Waals surface area contributed by atoms with Gasteiger partial charge in [-0.3, -0.25) is 9.36 Å². The summed E-state index contributed by atoms with van der Waals surface area (Å²) in [5, 5.41) is 1.79. The Morgan fingerprint density at radius 1 is 1.37 bits per heavy atom. The zero-order chi connectivity index (χ0) is 13.8. The van der Waals surface area contributed by atoms with Crippen LogP contribution >= 0.6 is 27.3 Å². The Morgan fingerprint density at radius 2 is 2.05 bits per heavy atom. The van der Waals surface area contributed by atoms with E-state index >= 15 is 0 Å². The number of hydrogen-bond acceptors (Lipinski definition) is 4. The Hall–Kier alpha value is -1.40. The molecule has 0 amide bonds. The van der Waals surface area contributed by atoms with E-state index in [0.29, 0.717) is 12.1 Å². The van der Waals surface area contributed by atoms with Gasteiger partial charge in [-0.15, -0.1) is 0 Å². The van der Waals surface area contributed by atoms with Crippen molar-refractivity contribution in [3.63, 3.8) is 0 Å². The lowest BCUT2D eigenvalue weighted by atomic mass is 10.2. The van der Waals surface area contributed by atoms with Crippen molar-refractivity contribution in [2.75, 3.05) is 6.61 Å². The van der Waals surface area contributed by atoms with Crippen LogP contribution in [0.3, 0.4) is 0 Å². The fourth-order valence-electron chi connectivity index (χ4n) is 1.57. The average molecular weight is 342 g/mol. The number of hydrogen-bond donors (Lipinski definition) is 0. The van der Waals surface area contributed by atoms with Gasteiger partial charge in [0, 0.05) is 15.5 Å². The summed E-state index contributed by atoms with van der Waals surface area (Å²) in [6.07, 6.45) is 0. The van der Waals surface area contributed by atoms with E-state index in [-0.39, 0.29) is 17.4 Å². The Kier molecular flexibility index (Phi) is 4.55. The molecule has 1 aromatic heterocycles. The molecule has 0 atom stereocenters. The number of aromatic nitrogens is 1. The van der Waals surface area contributed by atoms with E-state index in [9.17, 15) is 9.59 Å². The van der Waals surface area contributed by atoms with Gasteiger partial charge in [-0.2, -0.15) is 0 Å². The predicted octanol–water partition coefficient (Wildman–Crippen LogP) is 2.84. The van der Waals surface area contributed by atoms with Gasteiger partial charge in [-0.1, -0.05) is 27.3 Å². The average Bonchev–Trinajstić information content (AvgIpc) is 2.71. The van der Waals surface area contributed by atoms with E-state index in [1.54, 1.807) is 34.2 Å². The maximum atomic E-state index is 11.7. The minimum absolute atomic E-state index is 0.0304. The van der Waals surface area contributed by atoms with E-state index in [2.05, 4.69) is 15.9 Å². The predicted molar refractivity (Wildman–Crippen MR) is 77.7 cm³/mol. The summed E-state index contributed by atoms with van der Waals surface area (Å²) in [6.45, 7) is 2.43. The maximum Gasteiger partial charge on any atom is 0.338 e. The number of thiazole rings is 1. The van der Waals surface area contributed by atoms with Crippen LogP contribution in [0.25, 0.3) is 0 Å². The van der Waals surface area contributed by atoms with E-state index in [0.717, 1.165) is 21.5 Å². The Balaban J connectivity index is 1.91. The van der Waals surface area contributed by atoms with Crippen LogP contribution in [-0.2, 0) is 11.3 Å². The molecule has 100 valence electrons. The van der Waals surface area contributed by atoms with E-state index in [1.807, 2.05) is 6.92 Å². The lowest BCUT2D eigenvalue weighted by Gasteiger charge is -2.06. The van der Waals surface area contributed by atoms with Gasteiger partial charge in [-0.05, 0) is 31.2 Å². The monoisotopic (exact) mass is 341 g/mol. The minimum Gasteiger partial charge on any atom is -0.460 e. The fraction of sp³-hybridized carbons (Fsp3) is 0.231. The molecule has 4 nitrogen and oxygen atoms in total. The second-order valence-electron chi connectivity index (χ2n) is 3.94. The van der Waals surface area contributed by atoms with Crippen molar-refractivity contribution in [3.8, 4) is 0 Å². The highest BCUT2D eigenvalue weighted by Gasteiger charge is 2.08. The summed E-state index contributed by atoms with van der Waals surface area (Å²) in [4.78, 5) is 23.2. The molecule has 2 rings (SSSR count). The molecule has 1 aromatic carbocycles. The highest BCUT2D eigenvalue weighted by Crippen LogP contribution is 2.11. The third kappa shape index (κ3) is 3.54. The quantitative estimate of drug-likeness (QED) is 0.803. The van der Waals surface area contributed by atoms with Gasteiger partial charge in [-0.25, -0.2) is 4.79 Å².